The van der Waals surface area contributed by atoms with Crippen LogP contribution in [0.3, 0.4) is 0 Å². The molecular weight excluding hydrogens is 325 g/mol. The summed E-state index contributed by atoms with van der Waals surface area (Å²) in [5.41, 5.74) is -0.245. The lowest BCUT2D eigenvalue weighted by molar-refractivity contribution is -0.141. The Hall–Kier alpha value is -1.47. The van der Waals surface area contributed by atoms with Crippen LogP contribution in [0.4, 0.5) is 13.2 Å². The van der Waals surface area contributed by atoms with Crippen molar-refractivity contribution in [2.24, 2.45) is 0 Å². The van der Waals surface area contributed by atoms with E-state index < -0.39 is 11.9 Å². The van der Waals surface area contributed by atoms with Crippen LogP contribution in [0.5, 0.6) is 5.88 Å². The van der Waals surface area contributed by atoms with Crippen molar-refractivity contribution in [2.45, 2.75) is 17.9 Å². The van der Waals surface area contributed by atoms with E-state index in [1.165, 1.54) is 0 Å². The summed E-state index contributed by atoms with van der Waals surface area (Å²) in [5.74, 6) is -0.114. The highest BCUT2D eigenvalue weighted by atomic mass is 35.5. The third-order valence-corrected chi connectivity index (χ3v) is 3.25. The smallest absolute Gasteiger partial charge is 0.433 e. The van der Waals surface area contributed by atoms with Crippen molar-refractivity contribution >= 4 is 23.4 Å². The quantitative estimate of drug-likeness (QED) is 0.611. The minimum Gasteiger partial charge on any atom is -0.473 e. The topological polar surface area (TPSA) is 35.0 Å². The predicted molar refractivity (Wildman–Crippen MR) is 74.6 cm³/mol. The number of halogens is 4. The highest BCUT2D eigenvalue weighted by molar-refractivity contribution is 7.98. The lowest BCUT2D eigenvalue weighted by Crippen LogP contribution is -2.10. The second-order valence-electron chi connectivity index (χ2n) is 3.99. The first kappa shape index (κ1) is 15.9. The van der Waals surface area contributed by atoms with E-state index in [1.54, 1.807) is 30.5 Å². The molecule has 21 heavy (non-hydrogen) atoms. The molecule has 1 heterocycles. The fourth-order valence-corrected chi connectivity index (χ4v) is 1.95. The summed E-state index contributed by atoms with van der Waals surface area (Å²) in [6.45, 7) is 0.0965. The normalized spacial score (nSPS) is 11.5. The Kier molecular flexibility index (Phi) is 4.95. The number of ether oxygens (including phenoxy) is 1. The molecule has 0 radical (unpaired) electrons. The van der Waals surface area contributed by atoms with Crippen molar-refractivity contribution in [3.63, 3.8) is 0 Å². The number of hydrogen-bond donors (Lipinski definition) is 0. The van der Waals surface area contributed by atoms with Gasteiger partial charge in [-0.25, -0.2) is 4.98 Å². The Morgan fingerprint density at radius 2 is 1.86 bits per heavy atom. The molecule has 0 unspecified atom stereocenters. The fourth-order valence-electron chi connectivity index (χ4n) is 1.45. The lowest BCUT2D eigenvalue weighted by Gasteiger charge is -2.10. The molecule has 1 aromatic carbocycles. The first-order chi connectivity index (χ1) is 9.88. The maximum atomic E-state index is 12.7. The summed E-state index contributed by atoms with van der Waals surface area (Å²) in [6.07, 6.45) is -2.94. The minimum atomic E-state index is -4.54. The molecule has 3 nitrogen and oxygen atoms in total. The van der Waals surface area contributed by atoms with Crippen LogP contribution >= 0.6 is 23.4 Å². The van der Waals surface area contributed by atoms with Gasteiger partial charge in [-0.3, -0.25) is 0 Å². The monoisotopic (exact) mass is 334 g/mol. The Bertz CT molecular complexity index is 620. The van der Waals surface area contributed by atoms with Crippen molar-refractivity contribution in [2.75, 3.05) is 6.26 Å². The van der Waals surface area contributed by atoms with E-state index in [4.69, 9.17) is 16.3 Å². The second kappa shape index (κ2) is 6.53. The van der Waals surface area contributed by atoms with E-state index in [0.717, 1.165) is 23.4 Å². The maximum absolute atomic E-state index is 12.7. The van der Waals surface area contributed by atoms with Crippen molar-refractivity contribution in [3.8, 4) is 5.88 Å². The van der Waals surface area contributed by atoms with E-state index in [2.05, 4.69) is 9.97 Å². The van der Waals surface area contributed by atoms with E-state index >= 15 is 0 Å². The number of hydrogen-bond acceptors (Lipinski definition) is 4. The van der Waals surface area contributed by atoms with Crippen LogP contribution in [0.1, 0.15) is 11.3 Å². The summed E-state index contributed by atoms with van der Waals surface area (Å²) in [5, 5.41) is 0.584. The van der Waals surface area contributed by atoms with Gasteiger partial charge in [-0.15, -0.1) is 0 Å². The molecule has 0 aliphatic heterocycles. The molecular formula is C13H10ClF3N2OS. The molecule has 0 amide bonds. The molecule has 0 saturated carbocycles. The average molecular weight is 335 g/mol. The van der Waals surface area contributed by atoms with Gasteiger partial charge >= 0.3 is 6.18 Å². The second-order valence-corrected chi connectivity index (χ2v) is 5.20. The van der Waals surface area contributed by atoms with Crippen molar-refractivity contribution in [1.29, 1.82) is 0 Å². The summed E-state index contributed by atoms with van der Waals surface area (Å²) in [6, 6.07) is 7.59. The summed E-state index contributed by atoms with van der Waals surface area (Å²) in [4.78, 5) is 7.32. The Morgan fingerprint density at radius 3 is 2.43 bits per heavy atom. The first-order valence-corrected chi connectivity index (χ1v) is 7.36. The number of rotatable bonds is 4. The Labute approximate surface area is 128 Å². The fraction of sp³-hybridized carbons (Fsp3) is 0.231. The van der Waals surface area contributed by atoms with Crippen molar-refractivity contribution in [1.82, 2.24) is 9.97 Å². The Balaban J connectivity index is 2.17. The van der Waals surface area contributed by atoms with Crippen LogP contribution in [0.2, 0.25) is 5.02 Å². The number of nitrogens with zero attached hydrogens (tertiary/aromatic N) is 2. The molecule has 0 aliphatic rings. The molecule has 0 aliphatic carbocycles. The third-order valence-electron chi connectivity index (χ3n) is 2.46. The van der Waals surface area contributed by atoms with Gasteiger partial charge in [0.15, 0.2) is 10.9 Å². The molecule has 0 spiro atoms. The van der Waals surface area contributed by atoms with Gasteiger partial charge in [0.25, 0.3) is 0 Å². The molecule has 0 atom stereocenters. The highest BCUT2D eigenvalue weighted by Crippen LogP contribution is 2.30. The minimum absolute atomic E-state index is 0.0101. The van der Waals surface area contributed by atoms with E-state index in [-0.39, 0.29) is 17.6 Å². The third kappa shape index (κ3) is 4.50. The van der Waals surface area contributed by atoms with Gasteiger partial charge in [0.2, 0.25) is 5.88 Å². The average Bonchev–Trinajstić information content (AvgIpc) is 2.45. The predicted octanol–water partition coefficient (Wildman–Crippen LogP) is 4.45. The SMILES string of the molecule is CSc1nc(OCc2ccc(Cl)cc2)cc(C(F)(F)F)n1. The number of benzene rings is 1. The van der Waals surface area contributed by atoms with Crippen molar-refractivity contribution < 1.29 is 17.9 Å². The van der Waals surface area contributed by atoms with E-state index in [0.29, 0.717) is 5.02 Å². The standard InChI is InChI=1S/C13H10ClF3N2OS/c1-21-12-18-10(13(15,16)17)6-11(19-12)20-7-8-2-4-9(14)5-3-8/h2-6H,7H2,1H3. The highest BCUT2D eigenvalue weighted by Gasteiger charge is 2.34. The van der Waals surface area contributed by atoms with Gasteiger partial charge in [-0.2, -0.15) is 18.2 Å². The van der Waals surface area contributed by atoms with Gasteiger partial charge in [0, 0.05) is 11.1 Å². The molecule has 2 aromatic rings. The zero-order valence-corrected chi connectivity index (χ0v) is 12.4. The number of alkyl halides is 3. The summed E-state index contributed by atoms with van der Waals surface area (Å²) >= 11 is 6.77. The Morgan fingerprint density at radius 1 is 1.19 bits per heavy atom. The summed E-state index contributed by atoms with van der Waals surface area (Å²) < 4.78 is 43.5. The van der Waals surface area contributed by atoms with Crippen LogP contribution in [0.25, 0.3) is 0 Å². The first-order valence-electron chi connectivity index (χ1n) is 5.76. The number of thioether (sulfide) groups is 1. The van der Waals surface area contributed by atoms with Gasteiger partial charge in [-0.1, -0.05) is 35.5 Å². The van der Waals surface area contributed by atoms with Crippen LogP contribution in [-0.4, -0.2) is 16.2 Å². The molecule has 0 N–H and O–H groups in total. The van der Waals surface area contributed by atoms with E-state index in [9.17, 15) is 13.2 Å². The largest absolute Gasteiger partial charge is 0.473 e. The molecule has 1 aromatic heterocycles. The zero-order chi connectivity index (χ0) is 15.5. The van der Waals surface area contributed by atoms with Crippen LogP contribution in [0, 0.1) is 0 Å². The van der Waals surface area contributed by atoms with Crippen LogP contribution < -0.4 is 4.74 Å². The zero-order valence-electron chi connectivity index (χ0n) is 10.8. The van der Waals surface area contributed by atoms with Crippen molar-refractivity contribution in [3.05, 3.63) is 46.6 Å². The lowest BCUT2D eigenvalue weighted by atomic mass is 10.2. The van der Waals surface area contributed by atoms with Gasteiger partial charge in [0.1, 0.15) is 6.61 Å². The molecule has 0 saturated heterocycles. The molecule has 8 heteroatoms. The molecule has 0 bridgehead atoms. The summed E-state index contributed by atoms with van der Waals surface area (Å²) in [7, 11) is 0. The van der Waals surface area contributed by atoms with Gasteiger partial charge < -0.3 is 4.74 Å². The molecule has 112 valence electrons. The van der Waals surface area contributed by atoms with E-state index in [1.807, 2.05) is 0 Å². The van der Waals surface area contributed by atoms with Crippen LogP contribution in [0.15, 0.2) is 35.5 Å². The molecule has 2 rings (SSSR count). The molecule has 0 fully saturated rings. The number of aromatic nitrogens is 2. The van der Waals surface area contributed by atoms with Crippen LogP contribution in [-0.2, 0) is 12.8 Å². The van der Waals surface area contributed by atoms with Gasteiger partial charge in [0.05, 0.1) is 0 Å². The van der Waals surface area contributed by atoms with Gasteiger partial charge in [-0.05, 0) is 24.0 Å². The maximum Gasteiger partial charge on any atom is 0.433 e.